The van der Waals surface area contributed by atoms with E-state index >= 15 is 0 Å². The van der Waals surface area contributed by atoms with Gasteiger partial charge in [-0.2, -0.15) is 0 Å². The van der Waals surface area contributed by atoms with Gasteiger partial charge in [-0.15, -0.1) is 0 Å². The third kappa shape index (κ3) is 11.4. The molecule has 0 aromatic rings. The molecular weight excluding hydrogens is 604 g/mol. The first kappa shape index (κ1) is 39.2. The number of rotatable bonds is 11. The molecule has 268 valence electrons. The Hall–Kier alpha value is -2.28. The largest absolute Gasteiger partial charge is 0.457 e. The first-order chi connectivity index (χ1) is 22.0. The highest BCUT2D eigenvalue weighted by Gasteiger charge is 2.47. The Morgan fingerprint density at radius 3 is 2.64 bits per heavy atom. The third-order valence-corrected chi connectivity index (χ3v) is 10.1. The monoisotopic (exact) mass is 664 g/mol. The summed E-state index contributed by atoms with van der Waals surface area (Å²) in [6.45, 7) is 15.5. The molecule has 11 nitrogen and oxygen atoms in total. The molecule has 0 spiro atoms. The highest BCUT2D eigenvalue weighted by molar-refractivity contribution is 5.70. The summed E-state index contributed by atoms with van der Waals surface area (Å²) in [5.74, 6) is -0.952. The fourth-order valence-electron chi connectivity index (χ4n) is 6.56. The van der Waals surface area contributed by atoms with Crippen molar-refractivity contribution in [1.82, 2.24) is 9.80 Å². The molecule has 0 radical (unpaired) electrons. The number of likely N-dealkylation sites (tertiary alicyclic amines) is 1. The summed E-state index contributed by atoms with van der Waals surface area (Å²) in [6, 6.07) is 0.0181. The smallest absolute Gasteiger partial charge is 0.410 e. The van der Waals surface area contributed by atoms with Crippen molar-refractivity contribution in [1.29, 1.82) is 0 Å². The van der Waals surface area contributed by atoms with Crippen molar-refractivity contribution in [3.8, 4) is 0 Å². The first-order valence-electron chi connectivity index (χ1n) is 17.3. The molecule has 2 fully saturated rings. The lowest BCUT2D eigenvalue weighted by Crippen LogP contribution is -2.46. The Balaban J connectivity index is 1.75. The number of aliphatic hydroxyl groups excluding tert-OH is 2. The number of nitrogens with zero attached hydrogens (tertiary/aromatic N) is 2. The van der Waals surface area contributed by atoms with Crippen LogP contribution < -0.4 is 0 Å². The number of ether oxygens (including phenoxy) is 3. The molecule has 2 saturated heterocycles. The lowest BCUT2D eigenvalue weighted by atomic mass is 9.88. The molecule has 0 saturated carbocycles. The number of hydrogen-bond acceptors (Lipinski definition) is 10. The summed E-state index contributed by atoms with van der Waals surface area (Å²) in [7, 11) is 1.72. The van der Waals surface area contributed by atoms with Crippen LogP contribution in [-0.2, 0) is 19.0 Å². The molecule has 3 aliphatic rings. The van der Waals surface area contributed by atoms with E-state index in [0.29, 0.717) is 18.4 Å². The number of allylic oxidation sites excluding steroid dienone is 2. The van der Waals surface area contributed by atoms with Gasteiger partial charge < -0.3 is 44.4 Å². The van der Waals surface area contributed by atoms with Crippen molar-refractivity contribution < 1.29 is 44.2 Å². The summed E-state index contributed by atoms with van der Waals surface area (Å²) in [6.07, 6.45) is 6.50. The van der Waals surface area contributed by atoms with Crippen molar-refractivity contribution in [2.45, 2.75) is 141 Å². The predicted molar refractivity (Wildman–Crippen MR) is 179 cm³/mol. The standard InChI is InChI=1S/C36H60N2O9/c1-9-28(40)25(5)33-29(45-33)21-35(6,43)17-11-12-23(3)32-24(4)13-14-30(36(7,44)18-15-27(39)20-31(41)47-32)46-34(42)37(8)26-16-19-38(10-2)22-26/h11-14,17,24-30,32-33,39-40,43-44H,9-10,15-16,18-22H2,1-8H3/b14-13-,17-11+,23-12+/t24?,25?,26-,27?,28?,29?,30?,32?,33?,35?,36?/m0/s1. The van der Waals surface area contributed by atoms with Gasteiger partial charge in [-0.1, -0.05) is 52.0 Å². The Kier molecular flexibility index (Phi) is 14.1. The number of likely N-dealkylation sites (N-methyl/N-ethyl adjacent to an activating group) is 2. The quantitative estimate of drug-likeness (QED) is 0.111. The van der Waals surface area contributed by atoms with E-state index in [2.05, 4.69) is 11.8 Å². The molecule has 10 unspecified atom stereocenters. The van der Waals surface area contributed by atoms with E-state index in [9.17, 15) is 30.0 Å². The summed E-state index contributed by atoms with van der Waals surface area (Å²) in [5.41, 5.74) is -1.95. The number of amides is 1. The van der Waals surface area contributed by atoms with Crippen LogP contribution in [0.15, 0.2) is 36.0 Å². The maximum atomic E-state index is 13.2. The van der Waals surface area contributed by atoms with Crippen molar-refractivity contribution >= 4 is 12.1 Å². The van der Waals surface area contributed by atoms with Gasteiger partial charge in [0.1, 0.15) is 11.7 Å². The van der Waals surface area contributed by atoms with Gasteiger partial charge >= 0.3 is 12.1 Å². The molecule has 0 aromatic carbocycles. The summed E-state index contributed by atoms with van der Waals surface area (Å²) in [5, 5.41) is 43.2. The fourth-order valence-corrected chi connectivity index (χ4v) is 6.56. The molecule has 3 rings (SSSR count). The lowest BCUT2D eigenvalue weighted by molar-refractivity contribution is -0.151. The molecule has 0 aromatic heterocycles. The van der Waals surface area contributed by atoms with E-state index in [1.807, 2.05) is 27.7 Å². The van der Waals surface area contributed by atoms with Crippen LogP contribution in [0.2, 0.25) is 0 Å². The number of hydrogen-bond donors (Lipinski definition) is 4. The van der Waals surface area contributed by atoms with Crippen molar-refractivity contribution in [2.24, 2.45) is 11.8 Å². The van der Waals surface area contributed by atoms with Crippen LogP contribution in [0.25, 0.3) is 0 Å². The summed E-state index contributed by atoms with van der Waals surface area (Å²) in [4.78, 5) is 30.0. The molecule has 0 aliphatic carbocycles. The zero-order valence-corrected chi connectivity index (χ0v) is 29.7. The second-order valence-electron chi connectivity index (χ2n) is 14.5. The number of carbonyl (C=O) groups is 2. The first-order valence-corrected chi connectivity index (χ1v) is 17.3. The van der Waals surface area contributed by atoms with Gasteiger partial charge in [0, 0.05) is 44.4 Å². The molecular formula is C36H60N2O9. The highest BCUT2D eigenvalue weighted by Crippen LogP contribution is 2.37. The summed E-state index contributed by atoms with van der Waals surface area (Å²) >= 11 is 0. The Bertz CT molecular complexity index is 1140. The number of cyclic esters (lactones) is 1. The number of epoxide rings is 1. The minimum atomic E-state index is -1.49. The van der Waals surface area contributed by atoms with Crippen LogP contribution in [0.3, 0.4) is 0 Å². The van der Waals surface area contributed by atoms with Gasteiger partial charge in [-0.25, -0.2) is 4.79 Å². The maximum Gasteiger partial charge on any atom is 0.410 e. The molecule has 0 bridgehead atoms. The van der Waals surface area contributed by atoms with Gasteiger partial charge in [0.15, 0.2) is 6.10 Å². The van der Waals surface area contributed by atoms with E-state index < -0.39 is 47.7 Å². The minimum absolute atomic E-state index is 0.0115. The van der Waals surface area contributed by atoms with Crippen LogP contribution in [0, 0.1) is 11.8 Å². The number of carbonyl (C=O) groups excluding carboxylic acids is 2. The molecule has 11 atom stereocenters. The van der Waals surface area contributed by atoms with Gasteiger partial charge in [-0.3, -0.25) is 4.79 Å². The molecule has 11 heteroatoms. The van der Waals surface area contributed by atoms with Crippen LogP contribution in [0.1, 0.15) is 87.0 Å². The van der Waals surface area contributed by atoms with E-state index in [-0.39, 0.29) is 49.3 Å². The highest BCUT2D eigenvalue weighted by atomic mass is 16.6. The minimum Gasteiger partial charge on any atom is -0.457 e. The topological polar surface area (TPSA) is 153 Å². The van der Waals surface area contributed by atoms with E-state index in [0.717, 1.165) is 26.1 Å². The van der Waals surface area contributed by atoms with Gasteiger partial charge in [0.05, 0.1) is 36.4 Å². The molecule has 4 N–H and O–H groups in total. The zero-order valence-electron chi connectivity index (χ0n) is 29.7. The van der Waals surface area contributed by atoms with Gasteiger partial charge in [0.25, 0.3) is 0 Å². The molecule has 3 aliphatic heterocycles. The van der Waals surface area contributed by atoms with E-state index in [4.69, 9.17) is 14.2 Å². The van der Waals surface area contributed by atoms with Gasteiger partial charge in [0.2, 0.25) is 0 Å². The number of esters is 1. The average Bonchev–Trinajstić information content (AvgIpc) is 3.58. The second kappa shape index (κ2) is 16.9. The fraction of sp³-hybridized carbons (Fsp3) is 0.778. The molecule has 1 amide bonds. The van der Waals surface area contributed by atoms with E-state index in [1.165, 1.54) is 0 Å². The Labute approximate surface area is 281 Å². The average molecular weight is 665 g/mol. The van der Waals surface area contributed by atoms with Crippen LogP contribution in [0.5, 0.6) is 0 Å². The predicted octanol–water partition coefficient (Wildman–Crippen LogP) is 3.74. The Morgan fingerprint density at radius 2 is 2.00 bits per heavy atom. The number of aliphatic hydroxyl groups is 4. The molecule has 47 heavy (non-hydrogen) atoms. The van der Waals surface area contributed by atoms with Crippen LogP contribution >= 0.6 is 0 Å². The lowest BCUT2D eigenvalue weighted by Gasteiger charge is -2.34. The van der Waals surface area contributed by atoms with Crippen LogP contribution in [0.4, 0.5) is 4.79 Å². The second-order valence-corrected chi connectivity index (χ2v) is 14.5. The van der Waals surface area contributed by atoms with Gasteiger partial charge in [-0.05, 0) is 64.6 Å². The van der Waals surface area contributed by atoms with Crippen molar-refractivity contribution in [3.63, 3.8) is 0 Å². The summed E-state index contributed by atoms with van der Waals surface area (Å²) < 4.78 is 17.5. The normalized spacial score (nSPS) is 36.0. The van der Waals surface area contributed by atoms with Crippen molar-refractivity contribution in [3.05, 3.63) is 36.0 Å². The maximum absolute atomic E-state index is 13.2. The molecule has 3 heterocycles. The third-order valence-electron chi connectivity index (χ3n) is 10.1. The van der Waals surface area contributed by atoms with Crippen LogP contribution in [-0.4, -0.2) is 123 Å². The van der Waals surface area contributed by atoms with Crippen molar-refractivity contribution in [2.75, 3.05) is 26.7 Å². The van der Waals surface area contributed by atoms with E-state index in [1.54, 1.807) is 56.2 Å². The Morgan fingerprint density at radius 1 is 1.30 bits per heavy atom. The SMILES string of the molecule is CCC(O)C(C)C1OC1CC(C)(O)/C=C/C=C(\C)C1OC(=O)CC(O)CCC(C)(O)C(OC(=O)N(C)[C@H]2CCN(CC)C2)/C=C\C1C. The zero-order chi connectivity index (χ0) is 35.1.